The Morgan fingerprint density at radius 3 is 3.06 bits per heavy atom. The second-order valence-corrected chi connectivity index (χ2v) is 4.97. The van der Waals surface area contributed by atoms with E-state index in [4.69, 9.17) is 0 Å². The first kappa shape index (κ1) is 10.9. The quantitative estimate of drug-likeness (QED) is 0.582. The van der Waals surface area contributed by atoms with Crippen LogP contribution in [0.15, 0.2) is 18.2 Å². The van der Waals surface area contributed by atoms with E-state index in [1.165, 1.54) is 0 Å². The Labute approximate surface area is 101 Å². The van der Waals surface area contributed by atoms with Gasteiger partial charge in [0.1, 0.15) is 5.75 Å². The first-order chi connectivity index (χ1) is 8.29. The molecule has 0 radical (unpaired) electrons. The summed E-state index contributed by atoms with van der Waals surface area (Å²) in [6.45, 7) is 2.13. The number of hydrogen-bond acceptors (Lipinski definition) is 4. The molecule has 2 heterocycles. The number of piperidine rings is 1. The van der Waals surface area contributed by atoms with Crippen LogP contribution in [0.4, 0.5) is 5.69 Å². The van der Waals surface area contributed by atoms with E-state index in [0.717, 1.165) is 30.8 Å². The van der Waals surface area contributed by atoms with Gasteiger partial charge in [-0.1, -0.05) is 6.07 Å². The SMILES string of the molecule is OCC1c2ccc(O)cc2NC2CCNCC21. The Hall–Kier alpha value is -1.26. The van der Waals surface area contributed by atoms with E-state index in [0.29, 0.717) is 12.0 Å². The minimum Gasteiger partial charge on any atom is -0.508 e. The normalized spacial score (nSPS) is 31.2. The Morgan fingerprint density at radius 2 is 2.24 bits per heavy atom. The highest BCUT2D eigenvalue weighted by molar-refractivity contribution is 5.59. The topological polar surface area (TPSA) is 64.5 Å². The van der Waals surface area contributed by atoms with Crippen LogP contribution in [0.25, 0.3) is 0 Å². The fourth-order valence-electron chi connectivity index (χ4n) is 3.14. The van der Waals surface area contributed by atoms with Gasteiger partial charge in [-0.05, 0) is 24.6 Å². The van der Waals surface area contributed by atoms with Crippen LogP contribution in [-0.4, -0.2) is 36.0 Å². The van der Waals surface area contributed by atoms with Crippen molar-refractivity contribution in [3.63, 3.8) is 0 Å². The fraction of sp³-hybridized carbons (Fsp3) is 0.538. The number of rotatable bonds is 1. The molecule has 3 atom stereocenters. The van der Waals surface area contributed by atoms with Crippen molar-refractivity contribution >= 4 is 5.69 Å². The molecule has 1 saturated heterocycles. The lowest BCUT2D eigenvalue weighted by Gasteiger charge is -2.43. The number of phenols is 1. The molecule has 0 bridgehead atoms. The molecule has 92 valence electrons. The van der Waals surface area contributed by atoms with E-state index < -0.39 is 0 Å². The van der Waals surface area contributed by atoms with E-state index in [9.17, 15) is 10.2 Å². The highest BCUT2D eigenvalue weighted by Crippen LogP contribution is 2.41. The van der Waals surface area contributed by atoms with Crippen LogP contribution in [0.2, 0.25) is 0 Å². The van der Waals surface area contributed by atoms with E-state index >= 15 is 0 Å². The van der Waals surface area contributed by atoms with E-state index in [1.54, 1.807) is 12.1 Å². The third kappa shape index (κ3) is 1.77. The van der Waals surface area contributed by atoms with E-state index in [1.807, 2.05) is 6.07 Å². The highest BCUT2D eigenvalue weighted by atomic mass is 16.3. The van der Waals surface area contributed by atoms with Crippen molar-refractivity contribution in [2.75, 3.05) is 25.0 Å². The van der Waals surface area contributed by atoms with Gasteiger partial charge >= 0.3 is 0 Å². The summed E-state index contributed by atoms with van der Waals surface area (Å²) in [7, 11) is 0. The second-order valence-electron chi connectivity index (χ2n) is 4.97. The largest absolute Gasteiger partial charge is 0.508 e. The molecule has 17 heavy (non-hydrogen) atoms. The molecule has 0 amide bonds. The summed E-state index contributed by atoms with van der Waals surface area (Å²) in [4.78, 5) is 0. The molecule has 3 rings (SSSR count). The van der Waals surface area contributed by atoms with Gasteiger partial charge in [0.05, 0.1) is 6.61 Å². The molecule has 0 spiro atoms. The van der Waals surface area contributed by atoms with Crippen molar-refractivity contribution in [2.45, 2.75) is 18.4 Å². The third-order valence-corrected chi connectivity index (χ3v) is 4.02. The summed E-state index contributed by atoms with van der Waals surface area (Å²) in [5.74, 6) is 0.885. The number of benzene rings is 1. The molecule has 3 unspecified atom stereocenters. The molecule has 4 N–H and O–H groups in total. The maximum absolute atomic E-state index is 9.63. The van der Waals surface area contributed by atoms with Gasteiger partial charge in [-0.2, -0.15) is 0 Å². The van der Waals surface area contributed by atoms with Crippen LogP contribution in [-0.2, 0) is 0 Å². The molecule has 1 aromatic rings. The molecule has 0 saturated carbocycles. The lowest BCUT2D eigenvalue weighted by Crippen LogP contribution is -2.49. The van der Waals surface area contributed by atoms with Crippen LogP contribution in [0.5, 0.6) is 5.75 Å². The number of phenolic OH excluding ortho intramolecular Hbond substituents is 1. The number of aromatic hydroxyl groups is 1. The maximum Gasteiger partial charge on any atom is 0.117 e. The lowest BCUT2D eigenvalue weighted by molar-refractivity contribution is 0.189. The fourth-order valence-corrected chi connectivity index (χ4v) is 3.14. The average molecular weight is 234 g/mol. The average Bonchev–Trinajstić information content (AvgIpc) is 2.35. The van der Waals surface area contributed by atoms with Crippen LogP contribution in [0.3, 0.4) is 0 Å². The van der Waals surface area contributed by atoms with Gasteiger partial charge < -0.3 is 20.8 Å². The standard InChI is InChI=1S/C13H18N2O2/c16-7-11-9-2-1-8(17)5-13(9)15-12-3-4-14-6-10(11)12/h1-2,5,10-12,14-17H,3-4,6-7H2. The van der Waals surface area contributed by atoms with Gasteiger partial charge in [0.25, 0.3) is 0 Å². The van der Waals surface area contributed by atoms with Gasteiger partial charge in [0.15, 0.2) is 0 Å². The summed E-state index contributed by atoms with van der Waals surface area (Å²) < 4.78 is 0. The molecule has 1 aromatic carbocycles. The monoisotopic (exact) mass is 234 g/mol. The number of nitrogens with one attached hydrogen (secondary N) is 2. The number of aliphatic hydroxyl groups is 1. The van der Waals surface area contributed by atoms with Crippen LogP contribution in [0, 0.1) is 5.92 Å². The minimum atomic E-state index is 0.169. The van der Waals surface area contributed by atoms with E-state index in [2.05, 4.69) is 10.6 Å². The molecule has 1 fully saturated rings. The van der Waals surface area contributed by atoms with Gasteiger partial charge in [0.2, 0.25) is 0 Å². The number of fused-ring (bicyclic) bond motifs is 2. The summed E-state index contributed by atoms with van der Waals surface area (Å²) in [6, 6.07) is 5.78. The maximum atomic E-state index is 9.63. The highest BCUT2D eigenvalue weighted by Gasteiger charge is 2.37. The van der Waals surface area contributed by atoms with E-state index in [-0.39, 0.29) is 18.3 Å². The molecule has 0 aliphatic carbocycles. The Kier molecular flexibility index (Phi) is 2.68. The summed E-state index contributed by atoms with van der Waals surface area (Å²) >= 11 is 0. The number of anilines is 1. The van der Waals surface area contributed by atoms with Crippen LogP contribution < -0.4 is 10.6 Å². The van der Waals surface area contributed by atoms with Gasteiger partial charge in [-0.25, -0.2) is 0 Å². The smallest absolute Gasteiger partial charge is 0.117 e. The molecule has 2 aliphatic rings. The summed E-state index contributed by atoms with van der Waals surface area (Å²) in [5, 5.41) is 26.0. The lowest BCUT2D eigenvalue weighted by atomic mass is 9.75. The predicted octanol–water partition coefficient (Wildman–Crippen LogP) is 0.872. The van der Waals surface area contributed by atoms with Gasteiger partial charge in [-0.15, -0.1) is 0 Å². The zero-order valence-electron chi connectivity index (χ0n) is 9.69. The van der Waals surface area contributed by atoms with Crippen molar-refractivity contribution in [1.82, 2.24) is 5.32 Å². The predicted molar refractivity (Wildman–Crippen MR) is 66.3 cm³/mol. The summed E-state index contributed by atoms with van der Waals surface area (Å²) in [5.41, 5.74) is 2.10. The van der Waals surface area contributed by atoms with Gasteiger partial charge in [0, 0.05) is 36.2 Å². The zero-order chi connectivity index (χ0) is 11.8. The van der Waals surface area contributed by atoms with Crippen molar-refractivity contribution in [3.05, 3.63) is 23.8 Å². The van der Waals surface area contributed by atoms with Crippen molar-refractivity contribution in [3.8, 4) is 5.75 Å². The van der Waals surface area contributed by atoms with Crippen LogP contribution in [0.1, 0.15) is 17.9 Å². The molecule has 4 heteroatoms. The Bertz CT molecular complexity index is 422. The first-order valence-electron chi connectivity index (χ1n) is 6.20. The van der Waals surface area contributed by atoms with Crippen LogP contribution >= 0.6 is 0 Å². The Morgan fingerprint density at radius 1 is 1.35 bits per heavy atom. The third-order valence-electron chi connectivity index (χ3n) is 4.02. The second kappa shape index (κ2) is 4.20. The molecular formula is C13H18N2O2. The number of hydrogen-bond donors (Lipinski definition) is 4. The molecule has 0 aromatic heterocycles. The van der Waals surface area contributed by atoms with Crippen molar-refractivity contribution < 1.29 is 10.2 Å². The Balaban J connectivity index is 2.01. The van der Waals surface area contributed by atoms with Crippen molar-refractivity contribution in [1.29, 1.82) is 0 Å². The number of aliphatic hydroxyl groups excluding tert-OH is 1. The zero-order valence-corrected chi connectivity index (χ0v) is 9.69. The molecule has 2 aliphatic heterocycles. The van der Waals surface area contributed by atoms with Gasteiger partial charge in [-0.3, -0.25) is 0 Å². The van der Waals surface area contributed by atoms with Crippen molar-refractivity contribution in [2.24, 2.45) is 5.92 Å². The minimum absolute atomic E-state index is 0.169. The first-order valence-corrected chi connectivity index (χ1v) is 6.20. The summed E-state index contributed by atoms with van der Waals surface area (Å²) in [6.07, 6.45) is 1.07. The molecule has 4 nitrogen and oxygen atoms in total. The molecular weight excluding hydrogens is 216 g/mol.